The molecule has 0 saturated carbocycles. The second kappa shape index (κ2) is 19.5. The summed E-state index contributed by atoms with van der Waals surface area (Å²) in [4.78, 5) is 30.3. The molecule has 6 aromatic heterocycles. The van der Waals surface area contributed by atoms with E-state index < -0.39 is 0 Å². The molecule has 0 aromatic carbocycles. The van der Waals surface area contributed by atoms with E-state index in [0.717, 1.165) is 119 Å². The van der Waals surface area contributed by atoms with Crippen LogP contribution in [0.15, 0.2) is 60.7 Å². The number of fused-ring (bicyclic) bond motifs is 16. The largest absolute Gasteiger partial charge is 0.355 e. The van der Waals surface area contributed by atoms with E-state index in [4.69, 9.17) is 9.97 Å². The number of nitrogens with zero attached hydrogens (tertiary/aromatic N) is 5. The van der Waals surface area contributed by atoms with Gasteiger partial charge >= 0.3 is 0 Å². The standard InChI is InChI=1S/C36H46N4.C20H14N4.Pd/c1-9-22-19-25-20-23-17-18-24(37-23)21-32-26(10-2)29(13-5)36(40(32)16-8)31(15-7)35-28(12-4)27(11-3)34(39-35)30(14-6)33(22)38-25;1-2-14-10-16-5-6-18(23-16)12-20-8-7-19(24-20)11-17-4-3-15(22-17)9-13(1)21-14;/h17-21,39H,9-16H2,1-8H3;1-12,21-22H;. The van der Waals surface area contributed by atoms with Gasteiger partial charge in [0.2, 0.25) is 0 Å². The maximum Gasteiger partial charge on any atom is 0.0722 e. The first-order valence-electron chi connectivity index (χ1n) is 23.5. The van der Waals surface area contributed by atoms with E-state index in [9.17, 15) is 0 Å². The van der Waals surface area contributed by atoms with Crippen LogP contribution >= 0.6 is 0 Å². The van der Waals surface area contributed by atoms with Gasteiger partial charge in [-0.25, -0.2) is 19.9 Å². The molecule has 0 atom stereocenters. The molecule has 6 aromatic rings. The summed E-state index contributed by atoms with van der Waals surface area (Å²) in [6, 6.07) is 20.9. The molecule has 9 heteroatoms. The fourth-order valence-electron chi connectivity index (χ4n) is 10.0. The van der Waals surface area contributed by atoms with E-state index >= 15 is 0 Å². The van der Waals surface area contributed by atoms with Crippen LogP contribution in [0.1, 0.15) is 141 Å². The minimum absolute atomic E-state index is 0. The van der Waals surface area contributed by atoms with Gasteiger partial charge in [-0.2, -0.15) is 0 Å². The van der Waals surface area contributed by atoms with Crippen molar-refractivity contribution in [3.05, 3.63) is 140 Å². The maximum atomic E-state index is 5.22. The first kappa shape index (κ1) is 45.4. The SMILES string of the molecule is C1=Cc2cc3ccc(cc4ccc(cc5nc(cc1n2)C=C5)[nH]4)[nH]3.CCC1=Cc2cc3nc(cc4c(CC)c(CC)c(c(CC)c5[nH]c(c(CC)c1n2)c(CC)c5CC)n4CC)C=C3.[Pd]. The third-order valence-corrected chi connectivity index (χ3v) is 12.9. The van der Waals surface area contributed by atoms with Crippen LogP contribution in [-0.2, 0) is 65.5 Å². The molecule has 334 valence electrons. The van der Waals surface area contributed by atoms with Gasteiger partial charge in [-0.05, 0) is 188 Å². The number of H-pyrrole nitrogens is 3. The predicted octanol–water partition coefficient (Wildman–Crippen LogP) is 14.0. The van der Waals surface area contributed by atoms with Gasteiger partial charge in [0, 0.05) is 76.7 Å². The van der Waals surface area contributed by atoms with Crippen LogP contribution < -0.4 is 0 Å². The van der Waals surface area contributed by atoms with Crippen molar-refractivity contribution in [2.24, 2.45) is 0 Å². The zero-order valence-corrected chi connectivity index (χ0v) is 40.6. The number of hydrogen-bond acceptors (Lipinski definition) is 4. The van der Waals surface area contributed by atoms with Gasteiger partial charge in [0.25, 0.3) is 0 Å². The summed E-state index contributed by atoms with van der Waals surface area (Å²) in [5.74, 6) is 0. The zero-order chi connectivity index (χ0) is 44.5. The molecule has 0 aliphatic carbocycles. The van der Waals surface area contributed by atoms with Crippen LogP contribution in [0.25, 0.3) is 92.2 Å². The fraction of sp³-hybridized carbons (Fsp3) is 0.286. The molecular weight excluding hydrogens is 891 g/mol. The number of aromatic nitrogens is 8. The quantitative estimate of drug-likeness (QED) is 0.132. The summed E-state index contributed by atoms with van der Waals surface area (Å²) in [6.07, 6.45) is 21.5. The van der Waals surface area contributed by atoms with Gasteiger partial charge in [0.15, 0.2) is 0 Å². The molecule has 10 rings (SSSR count). The Balaban J connectivity index is 0.000000195. The van der Waals surface area contributed by atoms with E-state index in [1.54, 1.807) is 0 Å². The average molecular weight is 952 g/mol. The van der Waals surface area contributed by atoms with Crippen molar-refractivity contribution in [1.29, 1.82) is 0 Å². The Morgan fingerprint density at radius 1 is 0.400 bits per heavy atom. The number of aryl methyl sites for hydroxylation is 7. The predicted molar refractivity (Wildman–Crippen MR) is 273 cm³/mol. The van der Waals surface area contributed by atoms with Crippen molar-refractivity contribution in [3.8, 4) is 0 Å². The molecule has 0 saturated heterocycles. The molecule has 0 fully saturated rings. The van der Waals surface area contributed by atoms with Crippen molar-refractivity contribution < 1.29 is 20.4 Å². The second-order valence-corrected chi connectivity index (χ2v) is 16.7. The summed E-state index contributed by atoms with van der Waals surface area (Å²) >= 11 is 0. The van der Waals surface area contributed by atoms with Crippen LogP contribution in [0.4, 0.5) is 0 Å². The molecule has 0 amide bonds. The van der Waals surface area contributed by atoms with Gasteiger partial charge in [-0.3, -0.25) is 0 Å². The minimum atomic E-state index is 0. The molecule has 4 aliphatic rings. The summed E-state index contributed by atoms with van der Waals surface area (Å²) < 4.78 is 2.57. The molecule has 16 bridgehead atoms. The summed E-state index contributed by atoms with van der Waals surface area (Å²) in [6.45, 7) is 19.3. The molecule has 0 spiro atoms. The smallest absolute Gasteiger partial charge is 0.0722 e. The number of nitrogens with one attached hydrogen (secondary N) is 3. The second-order valence-electron chi connectivity index (χ2n) is 16.7. The van der Waals surface area contributed by atoms with E-state index in [1.165, 1.54) is 61.0 Å². The Hall–Kier alpha value is -6.14. The third-order valence-electron chi connectivity index (χ3n) is 12.9. The number of allylic oxidation sites excluding steroid dienone is 1. The molecule has 0 radical (unpaired) electrons. The Morgan fingerprint density at radius 3 is 1.29 bits per heavy atom. The van der Waals surface area contributed by atoms with Crippen LogP contribution in [0.2, 0.25) is 0 Å². The van der Waals surface area contributed by atoms with Crippen molar-refractivity contribution in [2.75, 3.05) is 0 Å². The van der Waals surface area contributed by atoms with E-state index in [2.05, 4.69) is 146 Å². The molecule has 65 heavy (non-hydrogen) atoms. The normalized spacial score (nSPS) is 12.6. The summed E-state index contributed by atoms with van der Waals surface area (Å²) in [5.41, 5.74) is 27.3. The van der Waals surface area contributed by atoms with Crippen LogP contribution in [0.5, 0.6) is 0 Å². The van der Waals surface area contributed by atoms with Gasteiger partial charge in [-0.1, -0.05) is 48.5 Å². The Morgan fingerprint density at radius 2 is 0.831 bits per heavy atom. The summed E-state index contributed by atoms with van der Waals surface area (Å²) in [7, 11) is 0. The first-order chi connectivity index (χ1) is 31.3. The van der Waals surface area contributed by atoms with Gasteiger partial charge < -0.3 is 19.5 Å². The van der Waals surface area contributed by atoms with Gasteiger partial charge in [-0.15, -0.1) is 0 Å². The first-order valence-corrected chi connectivity index (χ1v) is 23.5. The maximum absolute atomic E-state index is 5.22. The molecule has 10 heterocycles. The van der Waals surface area contributed by atoms with E-state index in [0.29, 0.717) is 0 Å². The van der Waals surface area contributed by atoms with Crippen molar-refractivity contribution >= 4 is 92.2 Å². The molecular formula is C56H60N8Pd. The number of aromatic amines is 3. The Bertz CT molecular complexity index is 3180. The third kappa shape index (κ3) is 8.85. The average Bonchev–Trinajstić information content (AvgIpc) is 4.17. The van der Waals surface area contributed by atoms with Gasteiger partial charge in [0.05, 0.1) is 45.6 Å². The topological polar surface area (TPSA) is 104 Å². The van der Waals surface area contributed by atoms with E-state index in [1.807, 2.05) is 42.5 Å². The molecule has 3 N–H and O–H groups in total. The molecule has 0 unspecified atom stereocenters. The number of hydrogen-bond donors (Lipinski definition) is 3. The minimum Gasteiger partial charge on any atom is -0.355 e. The number of rotatable bonds is 8. The van der Waals surface area contributed by atoms with Crippen molar-refractivity contribution in [1.82, 2.24) is 39.5 Å². The summed E-state index contributed by atoms with van der Waals surface area (Å²) in [5, 5.41) is 0. The van der Waals surface area contributed by atoms with Crippen molar-refractivity contribution in [3.63, 3.8) is 0 Å². The fourth-order valence-corrected chi connectivity index (χ4v) is 10.0. The van der Waals surface area contributed by atoms with Crippen molar-refractivity contribution in [2.45, 2.75) is 107 Å². The van der Waals surface area contributed by atoms with Gasteiger partial charge in [0.1, 0.15) is 0 Å². The monoisotopic (exact) mass is 950 g/mol. The van der Waals surface area contributed by atoms with Crippen LogP contribution in [0, 0.1) is 0 Å². The van der Waals surface area contributed by atoms with Crippen LogP contribution in [0.3, 0.4) is 0 Å². The zero-order valence-electron chi connectivity index (χ0n) is 39.0. The Kier molecular flexibility index (Phi) is 13.7. The molecule has 4 aliphatic heterocycles. The van der Waals surface area contributed by atoms with Crippen LogP contribution in [-0.4, -0.2) is 39.5 Å². The Labute approximate surface area is 396 Å². The van der Waals surface area contributed by atoms with E-state index in [-0.39, 0.29) is 20.4 Å². The molecule has 8 nitrogen and oxygen atoms in total.